The van der Waals surface area contributed by atoms with Crippen LogP contribution in [0.3, 0.4) is 0 Å². The number of hydrogen-bond donors (Lipinski definition) is 1. The molecule has 1 amide bonds. The molecular formula is C16H19Cl2N3O3S. The summed E-state index contributed by atoms with van der Waals surface area (Å²) >= 11 is 13.4. The lowest BCUT2D eigenvalue weighted by molar-refractivity contribution is 0.0500. The van der Waals surface area contributed by atoms with Gasteiger partial charge in [0.15, 0.2) is 0 Å². The normalized spacial score (nSPS) is 12.7. The first-order valence-electron chi connectivity index (χ1n) is 7.53. The first-order chi connectivity index (χ1) is 11.6. The van der Waals surface area contributed by atoms with Crippen LogP contribution in [0, 0.1) is 0 Å². The number of rotatable bonds is 5. The Morgan fingerprint density at radius 3 is 2.72 bits per heavy atom. The van der Waals surface area contributed by atoms with Gasteiger partial charge in [-0.25, -0.2) is 4.79 Å². The molecule has 6 nitrogen and oxygen atoms in total. The van der Waals surface area contributed by atoms with E-state index in [4.69, 9.17) is 32.4 Å². The van der Waals surface area contributed by atoms with Crippen molar-refractivity contribution in [2.24, 2.45) is 0 Å². The number of benzene rings is 1. The Hall–Kier alpha value is -1.44. The van der Waals surface area contributed by atoms with E-state index in [1.54, 1.807) is 39.8 Å². The fraction of sp³-hybridized carbons (Fsp3) is 0.438. The van der Waals surface area contributed by atoms with E-state index in [2.05, 4.69) is 15.5 Å². The molecule has 0 radical (unpaired) electrons. The average Bonchev–Trinajstić information content (AvgIpc) is 2.93. The molecule has 9 heteroatoms. The zero-order valence-electron chi connectivity index (χ0n) is 14.3. The van der Waals surface area contributed by atoms with Gasteiger partial charge in [0.1, 0.15) is 11.6 Å². The summed E-state index contributed by atoms with van der Waals surface area (Å²) in [6, 6.07) is 4.85. The average molecular weight is 404 g/mol. The highest BCUT2D eigenvalue weighted by atomic mass is 35.5. The summed E-state index contributed by atoms with van der Waals surface area (Å²) in [5.41, 5.74) is 0.341. The summed E-state index contributed by atoms with van der Waals surface area (Å²) in [5.74, 6) is 0.862. The summed E-state index contributed by atoms with van der Waals surface area (Å²) in [6.45, 7) is 7.11. The minimum absolute atomic E-state index is 0.301. The molecule has 1 heterocycles. The Balaban J connectivity index is 1.91. The van der Waals surface area contributed by atoms with Gasteiger partial charge in [0.05, 0.1) is 0 Å². The summed E-state index contributed by atoms with van der Waals surface area (Å²) in [5, 5.41) is 12.1. The predicted octanol–water partition coefficient (Wildman–Crippen LogP) is 5.25. The third-order valence-corrected chi connectivity index (χ3v) is 4.35. The number of thioether (sulfide) groups is 1. The monoisotopic (exact) mass is 403 g/mol. The van der Waals surface area contributed by atoms with E-state index >= 15 is 0 Å². The van der Waals surface area contributed by atoms with Crippen molar-refractivity contribution >= 4 is 41.1 Å². The molecule has 1 N–H and O–H groups in total. The molecule has 1 aromatic carbocycles. The molecule has 25 heavy (non-hydrogen) atoms. The second-order valence-electron chi connectivity index (χ2n) is 6.30. The Morgan fingerprint density at radius 1 is 1.36 bits per heavy atom. The number of amides is 1. The van der Waals surface area contributed by atoms with Crippen LogP contribution in [0.4, 0.5) is 4.79 Å². The molecule has 0 aliphatic rings. The van der Waals surface area contributed by atoms with E-state index in [0.717, 1.165) is 5.56 Å². The Morgan fingerprint density at radius 2 is 2.08 bits per heavy atom. The highest BCUT2D eigenvalue weighted by molar-refractivity contribution is 7.98. The lowest BCUT2D eigenvalue weighted by Crippen LogP contribution is -2.34. The van der Waals surface area contributed by atoms with Crippen LogP contribution in [0.2, 0.25) is 10.0 Å². The number of hydrogen-bond acceptors (Lipinski definition) is 6. The van der Waals surface area contributed by atoms with Crippen LogP contribution in [0.25, 0.3) is 0 Å². The zero-order valence-corrected chi connectivity index (χ0v) is 16.6. The van der Waals surface area contributed by atoms with Crippen molar-refractivity contribution in [2.45, 2.75) is 50.3 Å². The number of aromatic nitrogens is 2. The van der Waals surface area contributed by atoms with Gasteiger partial charge in [0, 0.05) is 15.8 Å². The summed E-state index contributed by atoms with van der Waals surface area (Å²) < 4.78 is 10.8. The number of nitrogens with one attached hydrogen (secondary N) is 1. The van der Waals surface area contributed by atoms with Crippen molar-refractivity contribution in [1.82, 2.24) is 15.5 Å². The molecule has 2 rings (SSSR count). The highest BCUT2D eigenvalue weighted by Gasteiger charge is 2.21. The van der Waals surface area contributed by atoms with Gasteiger partial charge < -0.3 is 14.5 Å². The second kappa shape index (κ2) is 8.29. The van der Waals surface area contributed by atoms with Crippen LogP contribution in [0.1, 0.15) is 45.2 Å². The molecule has 0 spiro atoms. The molecule has 136 valence electrons. The van der Waals surface area contributed by atoms with Crippen LogP contribution >= 0.6 is 35.0 Å². The quantitative estimate of drug-likeness (QED) is 0.686. The summed E-state index contributed by atoms with van der Waals surface area (Å²) in [7, 11) is 0. The van der Waals surface area contributed by atoms with E-state index < -0.39 is 17.7 Å². The van der Waals surface area contributed by atoms with Crippen molar-refractivity contribution in [1.29, 1.82) is 0 Å². The maximum absolute atomic E-state index is 11.8. The molecule has 0 saturated carbocycles. The van der Waals surface area contributed by atoms with Gasteiger partial charge >= 0.3 is 6.09 Å². The number of carbonyl (C=O) groups excluding carboxylic acids is 1. The smallest absolute Gasteiger partial charge is 0.408 e. The number of alkyl carbamates (subject to hydrolysis) is 1. The van der Waals surface area contributed by atoms with Gasteiger partial charge in [0.2, 0.25) is 5.89 Å². The van der Waals surface area contributed by atoms with Crippen LogP contribution in [-0.4, -0.2) is 21.9 Å². The molecule has 0 fully saturated rings. The van der Waals surface area contributed by atoms with Crippen LogP contribution in [0.5, 0.6) is 0 Å². The number of carbonyl (C=O) groups is 1. The van der Waals surface area contributed by atoms with Gasteiger partial charge in [0.25, 0.3) is 5.22 Å². The Labute approximate surface area is 160 Å². The first kappa shape index (κ1) is 19.9. The van der Waals surface area contributed by atoms with Crippen molar-refractivity contribution < 1.29 is 13.9 Å². The second-order valence-corrected chi connectivity index (χ2v) is 8.07. The highest BCUT2D eigenvalue weighted by Crippen LogP contribution is 2.28. The van der Waals surface area contributed by atoms with Gasteiger partial charge in [-0.15, -0.1) is 10.2 Å². The largest absolute Gasteiger partial charge is 0.444 e. The molecular weight excluding hydrogens is 385 g/mol. The zero-order chi connectivity index (χ0) is 18.6. The Kier molecular flexibility index (Phi) is 6.59. The SMILES string of the molecule is C[C@H](NC(=O)OC(C)(C)C)c1nnc(SCc2ccc(Cl)cc2Cl)o1. The van der Waals surface area contributed by atoms with Gasteiger partial charge in [-0.1, -0.05) is 41.0 Å². The molecule has 0 aliphatic carbocycles. The molecule has 0 unspecified atom stereocenters. The number of nitrogens with zero attached hydrogens (tertiary/aromatic N) is 2. The van der Waals surface area contributed by atoms with E-state index in [-0.39, 0.29) is 0 Å². The van der Waals surface area contributed by atoms with Crippen molar-refractivity contribution in [2.75, 3.05) is 0 Å². The minimum atomic E-state index is -0.572. The third-order valence-electron chi connectivity index (χ3n) is 2.89. The lowest BCUT2D eigenvalue weighted by atomic mass is 10.2. The topological polar surface area (TPSA) is 77.2 Å². The third kappa shape index (κ3) is 6.41. The Bertz CT molecular complexity index is 746. The van der Waals surface area contributed by atoms with Crippen molar-refractivity contribution in [3.63, 3.8) is 0 Å². The van der Waals surface area contributed by atoms with Gasteiger partial charge in [-0.2, -0.15) is 0 Å². The van der Waals surface area contributed by atoms with Crippen LogP contribution in [-0.2, 0) is 10.5 Å². The molecule has 1 aromatic heterocycles. The molecule has 0 bridgehead atoms. The lowest BCUT2D eigenvalue weighted by Gasteiger charge is -2.20. The standard InChI is InChI=1S/C16H19Cl2N3O3S/c1-9(19-14(22)24-16(2,3)4)13-20-21-15(23-13)25-8-10-5-6-11(17)7-12(10)18/h5-7,9H,8H2,1-4H3,(H,19,22)/t9-/m0/s1. The van der Waals surface area contributed by atoms with Crippen LogP contribution in [0.15, 0.2) is 27.8 Å². The summed E-state index contributed by atoms with van der Waals surface area (Å²) in [4.78, 5) is 11.8. The molecule has 1 atom stereocenters. The first-order valence-corrected chi connectivity index (χ1v) is 9.28. The molecule has 0 aliphatic heterocycles. The number of halogens is 2. The van der Waals surface area contributed by atoms with Crippen molar-refractivity contribution in [3.05, 3.63) is 39.7 Å². The van der Waals surface area contributed by atoms with Crippen molar-refractivity contribution in [3.8, 4) is 0 Å². The molecule has 0 saturated heterocycles. The van der Waals surface area contributed by atoms with E-state index in [1.165, 1.54) is 11.8 Å². The summed E-state index contributed by atoms with van der Waals surface area (Å²) in [6.07, 6.45) is -0.541. The predicted molar refractivity (Wildman–Crippen MR) is 98.1 cm³/mol. The fourth-order valence-corrected chi connectivity index (χ4v) is 3.11. The van der Waals surface area contributed by atoms with E-state index in [9.17, 15) is 4.79 Å². The minimum Gasteiger partial charge on any atom is -0.444 e. The van der Waals surface area contributed by atoms with Gasteiger partial charge in [-0.05, 0) is 45.4 Å². The number of ether oxygens (including phenoxy) is 1. The van der Waals surface area contributed by atoms with E-state index in [0.29, 0.717) is 26.9 Å². The maximum Gasteiger partial charge on any atom is 0.408 e. The van der Waals surface area contributed by atoms with Gasteiger partial charge in [-0.3, -0.25) is 0 Å². The fourth-order valence-electron chi connectivity index (χ4n) is 1.78. The maximum atomic E-state index is 11.8. The van der Waals surface area contributed by atoms with E-state index in [1.807, 2.05) is 6.07 Å². The molecule has 2 aromatic rings. The van der Waals surface area contributed by atoms with Crippen LogP contribution < -0.4 is 5.32 Å².